The van der Waals surface area contributed by atoms with Crippen LogP contribution in [0.1, 0.15) is 50.5 Å². The van der Waals surface area contributed by atoms with E-state index in [9.17, 15) is 4.79 Å². The van der Waals surface area contributed by atoms with Crippen LogP contribution in [0.4, 0.5) is 5.69 Å². The number of rotatable bonds is 6. The third-order valence-electron chi connectivity index (χ3n) is 6.41. The monoisotopic (exact) mass is 482 g/mol. The highest BCUT2D eigenvalue weighted by Gasteiger charge is 2.48. The van der Waals surface area contributed by atoms with Crippen molar-refractivity contribution in [2.45, 2.75) is 51.5 Å². The van der Waals surface area contributed by atoms with Crippen LogP contribution in [0, 0.1) is 11.3 Å². The number of halogens is 1. The van der Waals surface area contributed by atoms with Gasteiger partial charge in [-0.25, -0.2) is 0 Å². The van der Waals surface area contributed by atoms with Gasteiger partial charge in [0.2, 0.25) is 5.91 Å². The molecule has 2 N–H and O–H groups in total. The second-order valence-electron chi connectivity index (χ2n) is 8.08. The molecule has 4 rings (SSSR count). The van der Waals surface area contributed by atoms with Crippen LogP contribution in [0.3, 0.4) is 0 Å². The van der Waals surface area contributed by atoms with Crippen LogP contribution in [0.15, 0.2) is 29.3 Å². The van der Waals surface area contributed by atoms with E-state index in [0.29, 0.717) is 11.8 Å². The fourth-order valence-corrected chi connectivity index (χ4v) is 4.44. The summed E-state index contributed by atoms with van der Waals surface area (Å²) in [5.74, 6) is 2.07. The summed E-state index contributed by atoms with van der Waals surface area (Å²) in [6.45, 7) is 2.63. The zero-order chi connectivity index (χ0) is 18.0. The van der Waals surface area contributed by atoms with Crippen molar-refractivity contribution in [2.24, 2.45) is 16.3 Å². The van der Waals surface area contributed by atoms with E-state index < -0.39 is 0 Å². The van der Waals surface area contributed by atoms with E-state index in [1.165, 1.54) is 37.7 Å². The van der Waals surface area contributed by atoms with Crippen LogP contribution in [-0.2, 0) is 11.3 Å². The molecule has 0 aromatic heterocycles. The lowest BCUT2D eigenvalue weighted by molar-refractivity contribution is -0.117. The average molecular weight is 482 g/mol. The van der Waals surface area contributed by atoms with Crippen LogP contribution >= 0.6 is 24.0 Å². The van der Waals surface area contributed by atoms with E-state index in [0.717, 1.165) is 43.6 Å². The summed E-state index contributed by atoms with van der Waals surface area (Å²) in [5.41, 5.74) is 2.75. The number of carbonyl (C=O) groups excluding carboxylic acids is 1. The topological polar surface area (TPSA) is 56.7 Å². The smallest absolute Gasteiger partial charge is 0.227 e. The molecule has 2 aliphatic carbocycles. The van der Waals surface area contributed by atoms with Gasteiger partial charge in [0, 0.05) is 38.8 Å². The van der Waals surface area contributed by atoms with Gasteiger partial charge in [0.25, 0.3) is 0 Å². The molecular formula is C21H31IN4O. The number of carbonyl (C=O) groups is 1. The van der Waals surface area contributed by atoms with Gasteiger partial charge in [-0.05, 0) is 61.1 Å². The number of hydrogen-bond acceptors (Lipinski definition) is 2. The number of anilines is 1. The Balaban J connectivity index is 0.00000210. The molecule has 6 heteroatoms. The maximum absolute atomic E-state index is 11.8. The molecule has 2 saturated carbocycles. The molecule has 0 bridgehead atoms. The van der Waals surface area contributed by atoms with Gasteiger partial charge in [-0.1, -0.05) is 18.6 Å². The fraction of sp³-hybridized carbons (Fsp3) is 0.619. The summed E-state index contributed by atoms with van der Waals surface area (Å²) < 4.78 is 0. The highest BCUT2D eigenvalue weighted by molar-refractivity contribution is 14.0. The highest BCUT2D eigenvalue weighted by atomic mass is 127. The number of amides is 1. The molecule has 1 aromatic carbocycles. The minimum absolute atomic E-state index is 0. The number of hydrogen-bond donors (Lipinski definition) is 2. The first-order valence-corrected chi connectivity index (χ1v) is 10.0. The Kier molecular flexibility index (Phi) is 6.65. The van der Waals surface area contributed by atoms with Crippen molar-refractivity contribution in [1.82, 2.24) is 10.6 Å². The third kappa shape index (κ3) is 4.58. The second-order valence-corrected chi connectivity index (χ2v) is 8.08. The van der Waals surface area contributed by atoms with E-state index in [-0.39, 0.29) is 29.9 Å². The lowest BCUT2D eigenvalue weighted by Crippen LogP contribution is -2.47. The summed E-state index contributed by atoms with van der Waals surface area (Å²) >= 11 is 0. The predicted octanol–water partition coefficient (Wildman–Crippen LogP) is 3.68. The van der Waals surface area contributed by atoms with Gasteiger partial charge in [-0.15, -0.1) is 24.0 Å². The minimum atomic E-state index is 0. The molecule has 3 aliphatic rings. The number of benzene rings is 1. The molecule has 3 fully saturated rings. The maximum atomic E-state index is 11.8. The van der Waals surface area contributed by atoms with E-state index in [2.05, 4.69) is 27.8 Å². The predicted molar refractivity (Wildman–Crippen MR) is 121 cm³/mol. The SMILES string of the molecule is CN=C(NCc1ccc(N2CCCC2=O)cc1)NCC1(C2CC2)CCC1.I. The Morgan fingerprint density at radius 1 is 1.19 bits per heavy atom. The van der Waals surface area contributed by atoms with E-state index in [1.807, 2.05) is 24.1 Å². The normalized spacial score (nSPS) is 21.4. The zero-order valence-corrected chi connectivity index (χ0v) is 18.5. The first-order chi connectivity index (χ1) is 12.7. The van der Waals surface area contributed by atoms with Gasteiger partial charge in [0.1, 0.15) is 0 Å². The van der Waals surface area contributed by atoms with Crippen molar-refractivity contribution in [1.29, 1.82) is 0 Å². The summed E-state index contributed by atoms with van der Waals surface area (Å²) in [6, 6.07) is 8.29. The summed E-state index contributed by atoms with van der Waals surface area (Å²) in [6.07, 6.45) is 8.60. The largest absolute Gasteiger partial charge is 0.356 e. The number of guanidine groups is 1. The molecule has 1 amide bonds. The summed E-state index contributed by atoms with van der Waals surface area (Å²) in [7, 11) is 1.84. The molecule has 1 aliphatic heterocycles. The Bertz CT molecular complexity index is 680. The van der Waals surface area contributed by atoms with Crippen LogP contribution in [-0.4, -0.2) is 32.0 Å². The van der Waals surface area contributed by atoms with Crippen LogP contribution in [0.5, 0.6) is 0 Å². The van der Waals surface area contributed by atoms with E-state index in [1.54, 1.807) is 0 Å². The molecule has 1 heterocycles. The van der Waals surface area contributed by atoms with Crippen molar-refractivity contribution in [3.8, 4) is 0 Å². The molecule has 0 atom stereocenters. The standard InChI is InChI=1S/C21H30N4O.HI/c1-22-20(24-15-21(11-3-12-21)17-7-8-17)23-14-16-5-9-18(10-6-16)25-13-2-4-19(25)26;/h5-6,9-10,17H,2-4,7-8,11-15H2,1H3,(H2,22,23,24);1H. The van der Waals surface area contributed by atoms with E-state index >= 15 is 0 Å². The first kappa shape index (κ1) is 20.4. The third-order valence-corrected chi connectivity index (χ3v) is 6.41. The maximum Gasteiger partial charge on any atom is 0.227 e. The van der Waals surface area contributed by atoms with Gasteiger partial charge >= 0.3 is 0 Å². The first-order valence-electron chi connectivity index (χ1n) is 10.0. The van der Waals surface area contributed by atoms with Crippen molar-refractivity contribution in [3.63, 3.8) is 0 Å². The van der Waals surface area contributed by atoms with Crippen molar-refractivity contribution >= 4 is 41.5 Å². The van der Waals surface area contributed by atoms with Gasteiger partial charge < -0.3 is 15.5 Å². The van der Waals surface area contributed by atoms with Crippen LogP contribution < -0.4 is 15.5 Å². The van der Waals surface area contributed by atoms with Crippen molar-refractivity contribution < 1.29 is 4.79 Å². The molecular weight excluding hydrogens is 451 g/mol. The van der Waals surface area contributed by atoms with Gasteiger partial charge in [0.15, 0.2) is 5.96 Å². The summed E-state index contributed by atoms with van der Waals surface area (Å²) in [4.78, 5) is 18.1. The fourth-order valence-electron chi connectivity index (χ4n) is 4.44. The molecule has 5 nitrogen and oxygen atoms in total. The number of aliphatic imine (C=N–C) groups is 1. The quantitative estimate of drug-likeness (QED) is 0.370. The number of nitrogens with zero attached hydrogens (tertiary/aromatic N) is 2. The van der Waals surface area contributed by atoms with Crippen LogP contribution in [0.2, 0.25) is 0 Å². The zero-order valence-electron chi connectivity index (χ0n) is 16.2. The van der Waals surface area contributed by atoms with Gasteiger partial charge in [-0.3, -0.25) is 9.79 Å². The van der Waals surface area contributed by atoms with Gasteiger partial charge in [0.05, 0.1) is 0 Å². The lowest BCUT2D eigenvalue weighted by Gasteiger charge is -2.43. The molecule has 1 aromatic rings. The van der Waals surface area contributed by atoms with E-state index in [4.69, 9.17) is 0 Å². The highest BCUT2D eigenvalue weighted by Crippen LogP contribution is 2.56. The number of nitrogens with one attached hydrogen (secondary N) is 2. The Morgan fingerprint density at radius 3 is 2.44 bits per heavy atom. The molecule has 27 heavy (non-hydrogen) atoms. The minimum Gasteiger partial charge on any atom is -0.356 e. The van der Waals surface area contributed by atoms with Crippen molar-refractivity contribution in [2.75, 3.05) is 25.0 Å². The molecule has 1 saturated heterocycles. The second kappa shape index (κ2) is 8.80. The average Bonchev–Trinajstić information content (AvgIpc) is 3.38. The Labute approximate surface area is 179 Å². The molecule has 0 radical (unpaired) electrons. The van der Waals surface area contributed by atoms with Gasteiger partial charge in [-0.2, -0.15) is 0 Å². The molecule has 0 unspecified atom stereocenters. The van der Waals surface area contributed by atoms with Crippen LogP contribution in [0.25, 0.3) is 0 Å². The Morgan fingerprint density at radius 2 is 1.93 bits per heavy atom. The summed E-state index contributed by atoms with van der Waals surface area (Å²) in [5, 5.41) is 6.97. The van der Waals surface area contributed by atoms with Crippen molar-refractivity contribution in [3.05, 3.63) is 29.8 Å². The lowest BCUT2D eigenvalue weighted by atomic mass is 9.65. The molecule has 148 valence electrons. The molecule has 0 spiro atoms. The Hall–Kier alpha value is -1.31.